The Bertz CT molecular complexity index is 939. The van der Waals surface area contributed by atoms with Crippen molar-refractivity contribution in [3.05, 3.63) is 82.5 Å². The van der Waals surface area contributed by atoms with Gasteiger partial charge in [0.25, 0.3) is 11.8 Å². The number of nitrogens with one attached hydrogen (secondary N) is 2. The Hall–Kier alpha value is -3.12. The molecule has 132 valence electrons. The summed E-state index contributed by atoms with van der Waals surface area (Å²) >= 11 is 5.96. The Balaban J connectivity index is 1.70. The average molecular weight is 370 g/mol. The fourth-order valence-electron chi connectivity index (χ4n) is 2.29. The summed E-state index contributed by atoms with van der Waals surface area (Å²) in [6.45, 7) is 2.12. The summed E-state index contributed by atoms with van der Waals surface area (Å²) < 4.78 is 5.17. The Kier molecular flexibility index (Phi) is 5.34. The van der Waals surface area contributed by atoms with Crippen LogP contribution < -0.4 is 10.6 Å². The van der Waals surface area contributed by atoms with Crippen molar-refractivity contribution < 1.29 is 14.0 Å². The first-order valence-electron chi connectivity index (χ1n) is 7.87. The molecule has 0 spiro atoms. The van der Waals surface area contributed by atoms with Gasteiger partial charge in [-0.15, -0.1) is 0 Å². The third kappa shape index (κ3) is 4.29. The molecule has 0 fully saturated rings. The van der Waals surface area contributed by atoms with Crippen molar-refractivity contribution in [2.24, 2.45) is 0 Å². The number of hydrogen-bond acceptors (Lipinski definition) is 4. The number of aryl methyl sites for hydroxylation is 1. The van der Waals surface area contributed by atoms with E-state index in [1.807, 2.05) is 13.0 Å². The molecule has 0 radical (unpaired) electrons. The van der Waals surface area contributed by atoms with Gasteiger partial charge >= 0.3 is 0 Å². The normalized spacial score (nSPS) is 10.4. The first-order valence-corrected chi connectivity index (χ1v) is 8.25. The van der Waals surface area contributed by atoms with Gasteiger partial charge in [-0.1, -0.05) is 17.7 Å². The molecule has 2 N–H and O–H groups in total. The topological polar surface area (TPSA) is 84.2 Å². The lowest BCUT2D eigenvalue weighted by atomic mass is 10.1. The van der Waals surface area contributed by atoms with Crippen molar-refractivity contribution in [3.8, 4) is 0 Å². The number of hydrogen-bond donors (Lipinski definition) is 2. The second-order valence-electron chi connectivity index (χ2n) is 5.61. The Morgan fingerprint density at radius 2 is 2.00 bits per heavy atom. The molecule has 0 aliphatic carbocycles. The molecule has 3 aromatic rings. The maximum absolute atomic E-state index is 12.4. The molecule has 1 aromatic carbocycles. The lowest BCUT2D eigenvalue weighted by molar-refractivity contribution is 0.0948. The number of carbonyl (C=O) groups is 2. The van der Waals surface area contributed by atoms with Crippen molar-refractivity contribution >= 4 is 29.1 Å². The van der Waals surface area contributed by atoms with Gasteiger partial charge in [-0.05, 0) is 48.9 Å². The zero-order chi connectivity index (χ0) is 18.5. The first-order chi connectivity index (χ1) is 12.5. The van der Waals surface area contributed by atoms with Crippen molar-refractivity contribution in [1.29, 1.82) is 0 Å². The van der Waals surface area contributed by atoms with Crippen LogP contribution in [0.5, 0.6) is 0 Å². The van der Waals surface area contributed by atoms with Crippen LogP contribution in [-0.4, -0.2) is 16.8 Å². The van der Waals surface area contributed by atoms with Gasteiger partial charge in [0.05, 0.1) is 12.8 Å². The summed E-state index contributed by atoms with van der Waals surface area (Å²) in [6, 6.07) is 11.7. The molecule has 7 heteroatoms. The molecule has 3 rings (SSSR count). The minimum Gasteiger partial charge on any atom is -0.467 e. The van der Waals surface area contributed by atoms with E-state index in [1.165, 1.54) is 18.5 Å². The average Bonchev–Trinajstić information content (AvgIpc) is 3.16. The van der Waals surface area contributed by atoms with E-state index in [4.69, 9.17) is 16.0 Å². The second-order valence-corrected chi connectivity index (χ2v) is 6.04. The minimum atomic E-state index is -0.420. The van der Waals surface area contributed by atoms with Gasteiger partial charge in [-0.2, -0.15) is 0 Å². The lowest BCUT2D eigenvalue weighted by Crippen LogP contribution is -2.23. The fourth-order valence-corrected chi connectivity index (χ4v) is 2.47. The minimum absolute atomic E-state index is 0.134. The van der Waals surface area contributed by atoms with Crippen molar-refractivity contribution in [1.82, 2.24) is 10.3 Å². The van der Waals surface area contributed by atoms with Gasteiger partial charge in [-0.3, -0.25) is 14.6 Å². The third-order valence-corrected chi connectivity index (χ3v) is 3.94. The number of aromatic nitrogens is 1. The highest BCUT2D eigenvalue weighted by atomic mass is 35.5. The van der Waals surface area contributed by atoms with Gasteiger partial charge in [0.15, 0.2) is 0 Å². The largest absolute Gasteiger partial charge is 0.467 e. The van der Waals surface area contributed by atoms with Crippen LogP contribution >= 0.6 is 11.6 Å². The number of benzene rings is 1. The molecule has 2 aromatic heterocycles. The van der Waals surface area contributed by atoms with Crippen molar-refractivity contribution in [3.63, 3.8) is 0 Å². The number of pyridine rings is 1. The van der Waals surface area contributed by atoms with Crippen LogP contribution in [0.15, 0.2) is 59.3 Å². The third-order valence-electron chi connectivity index (χ3n) is 3.71. The van der Waals surface area contributed by atoms with Gasteiger partial charge in [0.1, 0.15) is 11.5 Å². The van der Waals surface area contributed by atoms with Crippen LogP contribution in [-0.2, 0) is 6.54 Å². The number of furan rings is 1. The maximum Gasteiger partial charge on any atom is 0.274 e. The summed E-state index contributed by atoms with van der Waals surface area (Å²) in [6.07, 6.45) is 2.95. The summed E-state index contributed by atoms with van der Waals surface area (Å²) in [4.78, 5) is 28.7. The van der Waals surface area contributed by atoms with E-state index in [1.54, 1.807) is 30.3 Å². The Morgan fingerprint density at radius 1 is 1.15 bits per heavy atom. The SMILES string of the molecule is Cc1ccc(Cl)cc1NC(=O)c1cc(C(=O)NCc2ccco2)ccn1. The molecule has 26 heavy (non-hydrogen) atoms. The summed E-state index contributed by atoms with van der Waals surface area (Å²) in [7, 11) is 0. The molecule has 0 aliphatic rings. The molecule has 0 bridgehead atoms. The monoisotopic (exact) mass is 369 g/mol. The van der Waals surface area contributed by atoms with Crippen LogP contribution in [0.1, 0.15) is 32.2 Å². The predicted molar refractivity (Wildman–Crippen MR) is 98.3 cm³/mol. The van der Waals surface area contributed by atoms with Crippen molar-refractivity contribution in [2.45, 2.75) is 13.5 Å². The number of rotatable bonds is 5. The fraction of sp³-hybridized carbons (Fsp3) is 0.105. The quantitative estimate of drug-likeness (QED) is 0.716. The van der Waals surface area contributed by atoms with Gasteiger partial charge < -0.3 is 15.1 Å². The Labute approximate surface area is 155 Å². The highest BCUT2D eigenvalue weighted by molar-refractivity contribution is 6.31. The van der Waals surface area contributed by atoms with E-state index < -0.39 is 5.91 Å². The lowest BCUT2D eigenvalue weighted by Gasteiger charge is -2.09. The molecule has 0 saturated heterocycles. The standard InChI is InChI=1S/C19H16ClN3O3/c1-12-4-5-14(20)10-16(12)23-19(25)17-9-13(6-7-21-17)18(24)22-11-15-3-2-8-26-15/h2-10H,11H2,1H3,(H,22,24)(H,23,25). The molecular formula is C19H16ClN3O3. The van der Waals surface area contributed by atoms with Crippen LogP contribution in [0.4, 0.5) is 5.69 Å². The highest BCUT2D eigenvalue weighted by Crippen LogP contribution is 2.20. The molecule has 0 aliphatic heterocycles. The van der Waals surface area contributed by atoms with E-state index in [0.29, 0.717) is 22.0 Å². The predicted octanol–water partition coefficient (Wildman–Crippen LogP) is 3.82. The van der Waals surface area contributed by atoms with E-state index in [0.717, 1.165) is 5.56 Å². The van der Waals surface area contributed by atoms with E-state index in [-0.39, 0.29) is 18.1 Å². The first kappa shape index (κ1) is 17.7. The van der Waals surface area contributed by atoms with Crippen LogP contribution in [0, 0.1) is 6.92 Å². The summed E-state index contributed by atoms with van der Waals surface area (Å²) in [5.41, 5.74) is 1.93. The molecular weight excluding hydrogens is 354 g/mol. The van der Waals surface area contributed by atoms with Gasteiger partial charge in [-0.25, -0.2) is 0 Å². The molecule has 0 saturated carbocycles. The van der Waals surface area contributed by atoms with Gasteiger partial charge in [0, 0.05) is 22.5 Å². The summed E-state index contributed by atoms with van der Waals surface area (Å²) in [5.74, 6) is -0.102. The van der Waals surface area contributed by atoms with E-state index in [9.17, 15) is 9.59 Å². The molecule has 6 nitrogen and oxygen atoms in total. The zero-order valence-corrected chi connectivity index (χ0v) is 14.7. The van der Waals surface area contributed by atoms with Crippen LogP contribution in [0.25, 0.3) is 0 Å². The zero-order valence-electron chi connectivity index (χ0n) is 14.0. The smallest absolute Gasteiger partial charge is 0.274 e. The number of nitrogens with zero attached hydrogens (tertiary/aromatic N) is 1. The highest BCUT2D eigenvalue weighted by Gasteiger charge is 2.13. The molecule has 0 unspecified atom stereocenters. The Morgan fingerprint density at radius 3 is 2.77 bits per heavy atom. The second kappa shape index (κ2) is 7.84. The molecule has 2 amide bonds. The molecule has 2 heterocycles. The van der Waals surface area contributed by atoms with Crippen LogP contribution in [0.2, 0.25) is 5.02 Å². The number of anilines is 1. The maximum atomic E-state index is 12.4. The van der Waals surface area contributed by atoms with Crippen molar-refractivity contribution in [2.75, 3.05) is 5.32 Å². The number of amides is 2. The molecule has 0 atom stereocenters. The van der Waals surface area contributed by atoms with E-state index in [2.05, 4.69) is 15.6 Å². The van der Waals surface area contributed by atoms with Crippen LogP contribution in [0.3, 0.4) is 0 Å². The summed E-state index contributed by atoms with van der Waals surface area (Å²) in [5, 5.41) is 6.00. The van der Waals surface area contributed by atoms with Gasteiger partial charge in [0.2, 0.25) is 0 Å². The number of halogens is 1. The number of carbonyl (C=O) groups excluding carboxylic acids is 2. The van der Waals surface area contributed by atoms with E-state index >= 15 is 0 Å².